The first-order valence-corrected chi connectivity index (χ1v) is 12.3. The van der Waals surface area contributed by atoms with Crippen LogP contribution in [0.2, 0.25) is 0 Å². The molecule has 0 saturated carbocycles. The molecule has 37 heavy (non-hydrogen) atoms. The van der Waals surface area contributed by atoms with Crippen molar-refractivity contribution in [1.29, 1.82) is 0 Å². The molecule has 0 spiro atoms. The van der Waals surface area contributed by atoms with Gasteiger partial charge < -0.3 is 29.0 Å². The molecule has 2 aliphatic heterocycles. The molecule has 7 rings (SSSR count). The molecule has 0 unspecified atom stereocenters. The monoisotopic (exact) mass is 498 g/mol. The predicted molar refractivity (Wildman–Crippen MR) is 131 cm³/mol. The van der Waals surface area contributed by atoms with Gasteiger partial charge in [0.15, 0.2) is 17.4 Å². The van der Waals surface area contributed by atoms with Crippen LogP contribution >= 0.6 is 0 Å². The summed E-state index contributed by atoms with van der Waals surface area (Å²) < 4.78 is 25.1. The van der Waals surface area contributed by atoms with E-state index >= 15 is 0 Å². The number of ether oxygens (including phenoxy) is 2. The summed E-state index contributed by atoms with van der Waals surface area (Å²) in [5, 5.41) is 23.1. The Morgan fingerprint density at radius 3 is 2.11 bits per heavy atom. The van der Waals surface area contributed by atoms with E-state index in [1.165, 1.54) is 0 Å². The van der Waals surface area contributed by atoms with E-state index in [0.717, 1.165) is 5.46 Å². The van der Waals surface area contributed by atoms with E-state index in [2.05, 4.69) is 0 Å². The number of phenolic OH excluding ortho intramolecular Hbond substituents is 2. The zero-order valence-corrected chi connectivity index (χ0v) is 20.0. The van der Waals surface area contributed by atoms with Gasteiger partial charge in [0.1, 0.15) is 17.1 Å². The molecule has 2 heterocycles. The summed E-state index contributed by atoms with van der Waals surface area (Å²) in [6.45, 7) is 2.55. The average molecular weight is 498 g/mol. The standard InChI is InChI=1S/C28H23BO8/c1-27(34-11-12-35-27)28-13-18-20(19(14-28)36-29(37-28)15-7-3-2-4-8-15)26(33)22-21(25(18)32)23(30)16-9-5-6-10-17(16)24(22)31/h2-10,19,32-33H,11-14H2,1H3/t19-,28-/m0/s1. The first kappa shape index (κ1) is 22.7. The van der Waals surface area contributed by atoms with Crippen LogP contribution in [0.3, 0.4) is 0 Å². The summed E-state index contributed by atoms with van der Waals surface area (Å²) in [4.78, 5) is 26.9. The zero-order chi connectivity index (χ0) is 25.5. The highest BCUT2D eigenvalue weighted by atomic mass is 16.8. The summed E-state index contributed by atoms with van der Waals surface area (Å²) in [5.74, 6) is -2.89. The van der Waals surface area contributed by atoms with Crippen molar-refractivity contribution >= 4 is 24.1 Å². The fourth-order valence-corrected chi connectivity index (χ4v) is 6.24. The van der Waals surface area contributed by atoms with Crippen molar-refractivity contribution in [1.82, 2.24) is 0 Å². The molecule has 186 valence electrons. The highest BCUT2D eigenvalue weighted by molar-refractivity contribution is 6.61. The normalized spacial score (nSPS) is 25.4. The predicted octanol–water partition coefficient (Wildman–Crippen LogP) is 2.80. The van der Waals surface area contributed by atoms with E-state index in [-0.39, 0.29) is 46.6 Å². The Kier molecular flexibility index (Phi) is 4.75. The van der Waals surface area contributed by atoms with Crippen LogP contribution < -0.4 is 5.46 Å². The van der Waals surface area contributed by atoms with E-state index < -0.39 is 36.2 Å². The molecule has 3 aromatic rings. The van der Waals surface area contributed by atoms with Gasteiger partial charge in [0, 0.05) is 35.1 Å². The summed E-state index contributed by atoms with van der Waals surface area (Å²) in [5.41, 5.74) is 0.229. The van der Waals surface area contributed by atoms with Gasteiger partial charge in [-0.1, -0.05) is 54.6 Å². The Morgan fingerprint density at radius 2 is 1.46 bits per heavy atom. The molecule has 2 bridgehead atoms. The first-order valence-electron chi connectivity index (χ1n) is 12.3. The Labute approximate surface area is 212 Å². The third-order valence-corrected chi connectivity index (χ3v) is 8.12. The van der Waals surface area contributed by atoms with Gasteiger partial charge in [-0.15, -0.1) is 0 Å². The van der Waals surface area contributed by atoms with E-state index in [0.29, 0.717) is 24.3 Å². The minimum atomic E-state index is -1.16. The summed E-state index contributed by atoms with van der Waals surface area (Å²) in [6, 6.07) is 15.8. The number of carbonyl (C=O) groups excluding carboxylic acids is 2. The molecule has 2 fully saturated rings. The number of hydrogen-bond donors (Lipinski definition) is 2. The molecule has 0 amide bonds. The third-order valence-electron chi connectivity index (χ3n) is 8.12. The average Bonchev–Trinajstić information content (AvgIpc) is 3.37. The third kappa shape index (κ3) is 2.99. The fraction of sp³-hybridized carbons (Fsp3) is 0.286. The van der Waals surface area contributed by atoms with Crippen LogP contribution in [-0.4, -0.2) is 53.5 Å². The van der Waals surface area contributed by atoms with Gasteiger partial charge in [0.05, 0.1) is 30.4 Å². The summed E-state index contributed by atoms with van der Waals surface area (Å²) >= 11 is 0. The Hall–Kier alpha value is -3.50. The van der Waals surface area contributed by atoms with Gasteiger partial charge in [-0.2, -0.15) is 0 Å². The van der Waals surface area contributed by atoms with Crippen LogP contribution in [-0.2, 0) is 25.2 Å². The van der Waals surface area contributed by atoms with Crippen molar-refractivity contribution in [3.05, 3.63) is 88.0 Å². The topological polar surface area (TPSA) is 112 Å². The van der Waals surface area contributed by atoms with Gasteiger partial charge in [-0.05, 0) is 12.4 Å². The van der Waals surface area contributed by atoms with Crippen LogP contribution in [0.15, 0.2) is 54.6 Å². The second kappa shape index (κ2) is 7.75. The van der Waals surface area contributed by atoms with Gasteiger partial charge >= 0.3 is 7.12 Å². The molecule has 2 N–H and O–H groups in total. The van der Waals surface area contributed by atoms with Crippen molar-refractivity contribution in [3.8, 4) is 11.5 Å². The summed E-state index contributed by atoms with van der Waals surface area (Å²) in [6.07, 6.45) is -0.425. The lowest BCUT2D eigenvalue weighted by atomic mass is 9.65. The lowest BCUT2D eigenvalue weighted by molar-refractivity contribution is -0.273. The van der Waals surface area contributed by atoms with Crippen molar-refractivity contribution in [2.45, 2.75) is 37.3 Å². The molecule has 9 heteroatoms. The smallest absolute Gasteiger partial charge is 0.494 e. The van der Waals surface area contributed by atoms with Crippen LogP contribution in [0.4, 0.5) is 0 Å². The number of ketones is 2. The number of benzene rings is 3. The van der Waals surface area contributed by atoms with E-state index in [1.807, 2.05) is 30.3 Å². The Bertz CT molecular complexity index is 1480. The maximum absolute atomic E-state index is 13.5. The van der Waals surface area contributed by atoms with Crippen LogP contribution in [0.5, 0.6) is 11.5 Å². The molecular formula is C28H23BO8. The van der Waals surface area contributed by atoms with E-state index in [9.17, 15) is 19.8 Å². The van der Waals surface area contributed by atoms with Crippen molar-refractivity contribution in [3.63, 3.8) is 0 Å². The maximum atomic E-state index is 13.5. The lowest BCUT2D eigenvalue weighted by Crippen LogP contribution is -2.65. The molecular weight excluding hydrogens is 475 g/mol. The number of hydrogen-bond acceptors (Lipinski definition) is 8. The van der Waals surface area contributed by atoms with Gasteiger partial charge in [-0.25, -0.2) is 0 Å². The minimum absolute atomic E-state index is 0.0812. The van der Waals surface area contributed by atoms with Crippen molar-refractivity contribution < 1.29 is 38.6 Å². The molecule has 3 aromatic carbocycles. The first-order chi connectivity index (χ1) is 17.8. The molecule has 0 aromatic heterocycles. The molecule has 2 saturated heterocycles. The second-order valence-electron chi connectivity index (χ2n) is 10.0. The number of phenols is 2. The summed E-state index contributed by atoms with van der Waals surface area (Å²) in [7, 11) is -0.812. The fourth-order valence-electron chi connectivity index (χ4n) is 6.24. The molecule has 8 nitrogen and oxygen atoms in total. The van der Waals surface area contributed by atoms with Gasteiger partial charge in [0.25, 0.3) is 0 Å². The lowest BCUT2D eigenvalue weighted by Gasteiger charge is -2.54. The quantitative estimate of drug-likeness (QED) is 0.321. The SMILES string of the molecule is CC1([C@]23Cc4c(O)c5c(c(O)c4[C@H](C2)OB(c2ccccc2)O3)C(=O)c2ccccc2C5=O)OCCO1. The Morgan fingerprint density at radius 1 is 0.865 bits per heavy atom. The number of aromatic hydroxyl groups is 2. The van der Waals surface area contributed by atoms with Crippen molar-refractivity contribution in [2.24, 2.45) is 0 Å². The minimum Gasteiger partial charge on any atom is -0.507 e. The maximum Gasteiger partial charge on any atom is 0.494 e. The van der Waals surface area contributed by atoms with Gasteiger partial charge in [0.2, 0.25) is 0 Å². The Balaban J connectivity index is 1.45. The van der Waals surface area contributed by atoms with Gasteiger partial charge in [-0.3, -0.25) is 9.59 Å². The van der Waals surface area contributed by atoms with E-state index in [4.69, 9.17) is 18.8 Å². The molecule has 2 aliphatic carbocycles. The highest BCUT2D eigenvalue weighted by Gasteiger charge is 2.62. The molecule has 4 aliphatic rings. The second-order valence-corrected chi connectivity index (χ2v) is 10.0. The van der Waals surface area contributed by atoms with Crippen molar-refractivity contribution in [2.75, 3.05) is 13.2 Å². The number of carbonyl (C=O) groups is 2. The number of fused-ring (bicyclic) bond motifs is 6. The van der Waals surface area contributed by atoms with Crippen LogP contribution in [0, 0.1) is 0 Å². The number of rotatable bonds is 2. The highest BCUT2D eigenvalue weighted by Crippen LogP contribution is 2.57. The van der Waals surface area contributed by atoms with Crippen LogP contribution in [0.1, 0.15) is 62.4 Å². The van der Waals surface area contributed by atoms with E-state index in [1.54, 1.807) is 31.2 Å². The van der Waals surface area contributed by atoms with Crippen LogP contribution in [0.25, 0.3) is 0 Å². The zero-order valence-electron chi connectivity index (χ0n) is 20.0. The largest absolute Gasteiger partial charge is 0.507 e. The molecule has 0 radical (unpaired) electrons. The molecule has 2 atom stereocenters.